The lowest BCUT2D eigenvalue weighted by Gasteiger charge is -2.35. The minimum absolute atomic E-state index is 0.0204. The SMILES string of the molecule is CC1CN(C(=O)NC(CC(=O)O)C(C)(C)C)CCO1. The molecule has 2 amide bonds. The van der Waals surface area contributed by atoms with E-state index in [0.717, 1.165) is 0 Å². The summed E-state index contributed by atoms with van der Waals surface area (Å²) in [6.07, 6.45) is -0.0538. The van der Waals surface area contributed by atoms with Crippen LogP contribution in [0.4, 0.5) is 4.79 Å². The van der Waals surface area contributed by atoms with Crippen molar-refractivity contribution in [2.45, 2.75) is 46.3 Å². The van der Waals surface area contributed by atoms with Crippen LogP contribution in [-0.2, 0) is 9.53 Å². The third-order valence-electron chi connectivity index (χ3n) is 3.25. The molecule has 0 aliphatic carbocycles. The van der Waals surface area contributed by atoms with Crippen LogP contribution in [0.3, 0.4) is 0 Å². The van der Waals surface area contributed by atoms with Gasteiger partial charge in [-0.1, -0.05) is 20.8 Å². The quantitative estimate of drug-likeness (QED) is 0.812. The molecule has 0 aromatic rings. The Hall–Kier alpha value is -1.30. The van der Waals surface area contributed by atoms with Gasteiger partial charge in [-0.05, 0) is 12.3 Å². The number of amides is 2. The van der Waals surface area contributed by atoms with Gasteiger partial charge in [0.2, 0.25) is 0 Å². The molecule has 6 heteroatoms. The normalized spacial score (nSPS) is 21.9. The number of carbonyl (C=O) groups excluding carboxylic acids is 1. The van der Waals surface area contributed by atoms with Crippen LogP contribution < -0.4 is 5.32 Å². The van der Waals surface area contributed by atoms with E-state index in [0.29, 0.717) is 19.7 Å². The zero-order chi connectivity index (χ0) is 14.6. The highest BCUT2D eigenvalue weighted by Gasteiger charge is 2.31. The van der Waals surface area contributed by atoms with Gasteiger partial charge in [-0.2, -0.15) is 0 Å². The lowest BCUT2D eigenvalue weighted by molar-refractivity contribution is -0.138. The van der Waals surface area contributed by atoms with Crippen LogP contribution in [0.1, 0.15) is 34.1 Å². The molecule has 6 nitrogen and oxygen atoms in total. The summed E-state index contributed by atoms with van der Waals surface area (Å²) in [5.41, 5.74) is -0.300. The first-order chi connectivity index (χ1) is 8.70. The summed E-state index contributed by atoms with van der Waals surface area (Å²) in [6, 6.07) is -0.605. The van der Waals surface area contributed by atoms with Gasteiger partial charge in [0, 0.05) is 19.1 Å². The zero-order valence-electron chi connectivity index (χ0n) is 12.1. The van der Waals surface area contributed by atoms with Gasteiger partial charge in [0.05, 0.1) is 19.1 Å². The average Bonchev–Trinajstić information content (AvgIpc) is 2.26. The van der Waals surface area contributed by atoms with Crippen molar-refractivity contribution in [3.63, 3.8) is 0 Å². The summed E-state index contributed by atoms with van der Waals surface area (Å²) in [6.45, 7) is 9.27. The van der Waals surface area contributed by atoms with Crippen molar-refractivity contribution in [3.8, 4) is 0 Å². The third-order valence-corrected chi connectivity index (χ3v) is 3.25. The number of carbonyl (C=O) groups is 2. The van der Waals surface area contributed by atoms with Crippen molar-refractivity contribution in [1.82, 2.24) is 10.2 Å². The Kier molecular flexibility index (Phi) is 5.17. The second-order valence-electron chi connectivity index (χ2n) is 6.09. The van der Waals surface area contributed by atoms with Crippen LogP contribution >= 0.6 is 0 Å². The Morgan fingerprint density at radius 2 is 2.11 bits per heavy atom. The number of ether oxygens (including phenoxy) is 1. The van der Waals surface area contributed by atoms with Gasteiger partial charge in [0.1, 0.15) is 0 Å². The summed E-state index contributed by atoms with van der Waals surface area (Å²) < 4.78 is 5.38. The van der Waals surface area contributed by atoms with E-state index in [-0.39, 0.29) is 24.0 Å². The largest absolute Gasteiger partial charge is 0.481 e. The fourth-order valence-electron chi connectivity index (χ4n) is 1.99. The molecule has 0 aromatic heterocycles. The van der Waals surface area contributed by atoms with Crippen molar-refractivity contribution in [3.05, 3.63) is 0 Å². The number of hydrogen-bond acceptors (Lipinski definition) is 3. The molecule has 1 aliphatic rings. The molecule has 0 radical (unpaired) electrons. The Morgan fingerprint density at radius 3 is 2.58 bits per heavy atom. The fourth-order valence-corrected chi connectivity index (χ4v) is 1.99. The maximum absolute atomic E-state index is 12.1. The van der Waals surface area contributed by atoms with Crippen molar-refractivity contribution in [1.29, 1.82) is 0 Å². The Morgan fingerprint density at radius 1 is 1.47 bits per heavy atom. The van der Waals surface area contributed by atoms with Crippen LogP contribution in [0, 0.1) is 5.41 Å². The smallest absolute Gasteiger partial charge is 0.317 e. The van der Waals surface area contributed by atoms with Crippen LogP contribution in [-0.4, -0.2) is 53.8 Å². The number of carboxylic acids is 1. The highest BCUT2D eigenvalue weighted by Crippen LogP contribution is 2.22. The molecule has 1 fully saturated rings. The number of carboxylic acid groups (broad SMARTS) is 1. The zero-order valence-corrected chi connectivity index (χ0v) is 12.1. The highest BCUT2D eigenvalue weighted by atomic mass is 16.5. The molecule has 0 bridgehead atoms. The molecule has 2 unspecified atom stereocenters. The molecule has 0 spiro atoms. The lowest BCUT2D eigenvalue weighted by Crippen LogP contribution is -2.54. The predicted molar refractivity (Wildman–Crippen MR) is 71.0 cm³/mol. The summed E-state index contributed by atoms with van der Waals surface area (Å²) in [4.78, 5) is 24.7. The topological polar surface area (TPSA) is 78.9 Å². The number of nitrogens with zero attached hydrogens (tertiary/aromatic N) is 1. The molecule has 1 rings (SSSR count). The van der Waals surface area contributed by atoms with Crippen LogP contribution in [0.15, 0.2) is 0 Å². The number of nitrogens with one attached hydrogen (secondary N) is 1. The van der Waals surface area contributed by atoms with E-state index in [2.05, 4.69) is 5.32 Å². The van der Waals surface area contributed by atoms with Gasteiger partial charge in [0.15, 0.2) is 0 Å². The van der Waals surface area contributed by atoms with E-state index >= 15 is 0 Å². The van der Waals surface area contributed by atoms with Crippen molar-refractivity contribution < 1.29 is 19.4 Å². The van der Waals surface area contributed by atoms with Gasteiger partial charge >= 0.3 is 12.0 Å². The molecule has 19 heavy (non-hydrogen) atoms. The van der Waals surface area contributed by atoms with Gasteiger partial charge in [-0.15, -0.1) is 0 Å². The summed E-state index contributed by atoms with van der Waals surface area (Å²) >= 11 is 0. The molecule has 110 valence electrons. The predicted octanol–water partition coefficient (Wildman–Crippen LogP) is 1.31. The van der Waals surface area contributed by atoms with Crippen molar-refractivity contribution >= 4 is 12.0 Å². The maximum Gasteiger partial charge on any atom is 0.317 e. The highest BCUT2D eigenvalue weighted by molar-refractivity contribution is 5.76. The van der Waals surface area contributed by atoms with Gasteiger partial charge < -0.3 is 20.1 Å². The Balaban J connectivity index is 2.62. The second kappa shape index (κ2) is 6.23. The second-order valence-corrected chi connectivity index (χ2v) is 6.09. The van der Waals surface area contributed by atoms with E-state index in [9.17, 15) is 9.59 Å². The monoisotopic (exact) mass is 272 g/mol. The van der Waals surface area contributed by atoms with Gasteiger partial charge in [-0.3, -0.25) is 4.79 Å². The molecular formula is C13H24N2O4. The van der Waals surface area contributed by atoms with Crippen molar-refractivity contribution in [2.75, 3.05) is 19.7 Å². The van der Waals surface area contributed by atoms with Crippen LogP contribution in [0.5, 0.6) is 0 Å². The van der Waals surface area contributed by atoms with Gasteiger partial charge in [0.25, 0.3) is 0 Å². The molecule has 1 aliphatic heterocycles. The minimum atomic E-state index is -0.907. The van der Waals surface area contributed by atoms with E-state index in [1.54, 1.807) is 4.90 Å². The average molecular weight is 272 g/mol. The maximum atomic E-state index is 12.1. The summed E-state index contributed by atoms with van der Waals surface area (Å²) in [5.74, 6) is -0.907. The third kappa shape index (κ3) is 5.06. The first-order valence-corrected chi connectivity index (χ1v) is 6.59. The number of morpholine rings is 1. The molecular weight excluding hydrogens is 248 g/mol. The lowest BCUT2D eigenvalue weighted by atomic mass is 9.85. The molecule has 1 heterocycles. The van der Waals surface area contributed by atoms with Crippen LogP contribution in [0.2, 0.25) is 0 Å². The van der Waals surface area contributed by atoms with Crippen molar-refractivity contribution in [2.24, 2.45) is 5.41 Å². The molecule has 2 atom stereocenters. The summed E-state index contributed by atoms with van der Waals surface area (Å²) in [7, 11) is 0. The van der Waals surface area contributed by atoms with E-state index in [4.69, 9.17) is 9.84 Å². The van der Waals surface area contributed by atoms with E-state index < -0.39 is 12.0 Å². The minimum Gasteiger partial charge on any atom is -0.481 e. The first-order valence-electron chi connectivity index (χ1n) is 6.59. The molecule has 2 N–H and O–H groups in total. The molecule has 0 aromatic carbocycles. The van der Waals surface area contributed by atoms with E-state index in [1.165, 1.54) is 0 Å². The molecule has 1 saturated heterocycles. The van der Waals surface area contributed by atoms with Crippen LogP contribution in [0.25, 0.3) is 0 Å². The molecule has 0 saturated carbocycles. The standard InChI is InChI=1S/C13H24N2O4/c1-9-8-15(5-6-19-9)12(18)14-10(7-11(16)17)13(2,3)4/h9-10H,5-8H2,1-4H3,(H,14,18)(H,16,17). The summed E-state index contributed by atoms with van der Waals surface area (Å²) in [5, 5.41) is 11.8. The number of rotatable bonds is 3. The Labute approximate surface area is 114 Å². The number of hydrogen-bond donors (Lipinski definition) is 2. The number of aliphatic carboxylic acids is 1. The number of urea groups is 1. The van der Waals surface area contributed by atoms with Gasteiger partial charge in [-0.25, -0.2) is 4.79 Å². The first kappa shape index (κ1) is 15.8. The Bertz CT molecular complexity index is 338. The van der Waals surface area contributed by atoms with E-state index in [1.807, 2.05) is 27.7 Å². The fraction of sp³-hybridized carbons (Fsp3) is 0.846.